The van der Waals surface area contributed by atoms with Gasteiger partial charge in [0.15, 0.2) is 0 Å². The lowest BCUT2D eigenvalue weighted by Gasteiger charge is -2.38. The van der Waals surface area contributed by atoms with Gasteiger partial charge in [0.1, 0.15) is 36.8 Å². The van der Waals surface area contributed by atoms with Crippen molar-refractivity contribution in [2.45, 2.75) is 103 Å². The van der Waals surface area contributed by atoms with Crippen molar-refractivity contribution < 1.29 is 46.9 Å². The molecule has 0 spiro atoms. The number of likely N-dealkylation sites (tertiary alicyclic amines) is 2. The van der Waals surface area contributed by atoms with Crippen LogP contribution in [0.15, 0.2) is 60.7 Å². The van der Waals surface area contributed by atoms with Crippen molar-refractivity contribution in [3.05, 3.63) is 71.8 Å². The number of ether oxygens (including phenoxy) is 4. The van der Waals surface area contributed by atoms with Crippen LogP contribution < -0.4 is 0 Å². The number of carbonyl (C=O) groups excluding carboxylic acids is 4. The van der Waals surface area contributed by atoms with Gasteiger partial charge in [-0.05, 0) is 65.5 Å². The number of alkyl halides is 2. The summed E-state index contributed by atoms with van der Waals surface area (Å²) in [6.07, 6.45) is -4.27. The number of carbonyl (C=O) groups is 4. The van der Waals surface area contributed by atoms with E-state index in [1.54, 1.807) is 41.5 Å². The molecule has 2 aliphatic rings. The number of halogens is 2. The van der Waals surface area contributed by atoms with Crippen LogP contribution >= 0.6 is 0 Å². The highest BCUT2D eigenvalue weighted by Gasteiger charge is 2.39. The van der Waals surface area contributed by atoms with Gasteiger partial charge in [0.25, 0.3) is 0 Å². The summed E-state index contributed by atoms with van der Waals surface area (Å²) in [4.78, 5) is 53.8. The first-order valence-electron chi connectivity index (χ1n) is 17.5. The molecule has 0 aliphatic carbocycles. The minimum Gasteiger partial charge on any atom is -0.445 e. The molecule has 14 heteroatoms. The fourth-order valence-corrected chi connectivity index (χ4v) is 5.55. The number of amides is 4. The quantitative estimate of drug-likeness (QED) is 0.286. The van der Waals surface area contributed by atoms with Gasteiger partial charge in [0.05, 0.1) is 25.2 Å². The molecule has 0 aromatic heterocycles. The second kappa shape index (κ2) is 18.7. The molecule has 0 unspecified atom stereocenters. The van der Waals surface area contributed by atoms with Crippen molar-refractivity contribution in [2.24, 2.45) is 0 Å². The van der Waals surface area contributed by atoms with Crippen LogP contribution in [0.1, 0.15) is 65.5 Å². The molecular formula is C38H54F2N4O8. The van der Waals surface area contributed by atoms with Crippen LogP contribution in [-0.2, 0) is 32.2 Å². The summed E-state index contributed by atoms with van der Waals surface area (Å²) >= 11 is 0. The molecule has 2 saturated heterocycles. The molecule has 4 atom stereocenters. The molecule has 0 radical (unpaired) electrons. The van der Waals surface area contributed by atoms with Gasteiger partial charge in [0, 0.05) is 27.2 Å². The lowest BCUT2D eigenvalue weighted by molar-refractivity contribution is -0.00383. The zero-order chi connectivity index (χ0) is 38.6. The maximum atomic E-state index is 14.6. The molecule has 52 heavy (non-hydrogen) atoms. The van der Waals surface area contributed by atoms with Gasteiger partial charge in [-0.25, -0.2) is 28.0 Å². The zero-order valence-corrected chi connectivity index (χ0v) is 31.6. The van der Waals surface area contributed by atoms with E-state index < -0.39 is 60.0 Å². The van der Waals surface area contributed by atoms with E-state index >= 15 is 0 Å². The van der Waals surface area contributed by atoms with Gasteiger partial charge < -0.3 is 38.5 Å². The van der Waals surface area contributed by atoms with Crippen molar-refractivity contribution in [1.29, 1.82) is 0 Å². The number of benzene rings is 2. The number of hydrogen-bond donors (Lipinski definition) is 0. The highest BCUT2D eigenvalue weighted by atomic mass is 19.1. The second-order valence-corrected chi connectivity index (χ2v) is 14.9. The Kier molecular flexibility index (Phi) is 15.1. The standard InChI is InChI=1S/2C19H27FN2O4/c2*1-19(2,3)26-17(23)21(4)16-10-11-22(12-15(16)20)18(24)25-13-14-8-6-5-7-9-14/h2*5-9,15-16H,10-13H2,1-4H3/t2*15-,16+/m10/s1. The summed E-state index contributed by atoms with van der Waals surface area (Å²) in [5.74, 6) is 0. The van der Waals surface area contributed by atoms with Crippen LogP contribution in [-0.4, -0.2) is 120 Å². The summed E-state index contributed by atoms with van der Waals surface area (Å²) < 4.78 is 50.2. The van der Waals surface area contributed by atoms with Gasteiger partial charge >= 0.3 is 24.4 Å². The molecule has 12 nitrogen and oxygen atoms in total. The topological polar surface area (TPSA) is 118 Å². The molecule has 288 valence electrons. The maximum Gasteiger partial charge on any atom is 0.410 e. The van der Waals surface area contributed by atoms with Crippen molar-refractivity contribution >= 4 is 24.4 Å². The largest absolute Gasteiger partial charge is 0.445 e. The molecule has 0 saturated carbocycles. The molecule has 0 N–H and O–H groups in total. The Morgan fingerprint density at radius 3 is 1.25 bits per heavy atom. The molecule has 2 heterocycles. The third kappa shape index (κ3) is 13.5. The number of piperidine rings is 2. The van der Waals surface area contributed by atoms with Crippen molar-refractivity contribution in [2.75, 3.05) is 40.3 Å². The van der Waals surface area contributed by atoms with E-state index in [1.807, 2.05) is 60.7 Å². The lowest BCUT2D eigenvalue weighted by atomic mass is 10.0. The Bertz CT molecular complexity index is 1340. The molecule has 2 aromatic carbocycles. The van der Waals surface area contributed by atoms with E-state index in [0.717, 1.165) is 11.1 Å². The van der Waals surface area contributed by atoms with Gasteiger partial charge in [-0.1, -0.05) is 60.7 Å². The lowest BCUT2D eigenvalue weighted by Crippen LogP contribution is -2.54. The van der Waals surface area contributed by atoms with E-state index in [-0.39, 0.29) is 26.3 Å². The van der Waals surface area contributed by atoms with E-state index in [2.05, 4.69) is 0 Å². The number of rotatable bonds is 6. The van der Waals surface area contributed by atoms with Crippen LogP contribution in [0.5, 0.6) is 0 Å². The predicted molar refractivity (Wildman–Crippen MR) is 191 cm³/mol. The van der Waals surface area contributed by atoms with Gasteiger partial charge in [-0.2, -0.15) is 0 Å². The summed E-state index contributed by atoms with van der Waals surface area (Å²) in [6.45, 7) is 11.3. The Labute approximate surface area is 305 Å². The Hall–Kier alpha value is -4.62. The zero-order valence-electron chi connectivity index (χ0n) is 31.6. The summed E-state index contributed by atoms with van der Waals surface area (Å²) in [6, 6.07) is 17.4. The highest BCUT2D eigenvalue weighted by molar-refractivity contribution is 5.70. The molecule has 4 amide bonds. The molecule has 0 bridgehead atoms. The molecule has 2 aliphatic heterocycles. The first-order chi connectivity index (χ1) is 24.3. The first kappa shape index (κ1) is 41.8. The first-order valence-corrected chi connectivity index (χ1v) is 17.5. The third-order valence-electron chi connectivity index (χ3n) is 8.30. The predicted octanol–water partition coefficient (Wildman–Crippen LogP) is 7.21. The Morgan fingerprint density at radius 2 is 0.962 bits per heavy atom. The van der Waals surface area contributed by atoms with E-state index in [0.29, 0.717) is 25.9 Å². The van der Waals surface area contributed by atoms with Crippen LogP contribution in [0.4, 0.5) is 28.0 Å². The van der Waals surface area contributed by atoms with Gasteiger partial charge in [-0.15, -0.1) is 0 Å². The molecule has 2 fully saturated rings. The van der Waals surface area contributed by atoms with Crippen LogP contribution in [0, 0.1) is 0 Å². The minimum absolute atomic E-state index is 0.106. The van der Waals surface area contributed by atoms with Crippen LogP contribution in [0.25, 0.3) is 0 Å². The van der Waals surface area contributed by atoms with E-state index in [4.69, 9.17) is 18.9 Å². The van der Waals surface area contributed by atoms with Gasteiger partial charge in [0.2, 0.25) is 0 Å². The Morgan fingerprint density at radius 1 is 0.635 bits per heavy atom. The number of hydrogen-bond acceptors (Lipinski definition) is 8. The average Bonchev–Trinajstić information content (AvgIpc) is 3.08. The fraction of sp³-hybridized carbons (Fsp3) is 0.579. The van der Waals surface area contributed by atoms with Crippen molar-refractivity contribution in [3.8, 4) is 0 Å². The van der Waals surface area contributed by atoms with E-state index in [9.17, 15) is 28.0 Å². The van der Waals surface area contributed by atoms with Crippen molar-refractivity contribution in [1.82, 2.24) is 19.6 Å². The minimum atomic E-state index is -1.36. The number of nitrogens with zero attached hydrogens (tertiary/aromatic N) is 4. The van der Waals surface area contributed by atoms with Crippen molar-refractivity contribution in [3.63, 3.8) is 0 Å². The third-order valence-corrected chi connectivity index (χ3v) is 8.30. The maximum absolute atomic E-state index is 14.6. The summed E-state index contributed by atoms with van der Waals surface area (Å²) in [5, 5.41) is 0. The van der Waals surface area contributed by atoms with Crippen LogP contribution in [0.3, 0.4) is 0 Å². The SMILES string of the molecule is CN(C(=O)OC(C)(C)C)[C@@H]1CCN(C(=O)OCc2ccccc2)C[C@@H]1F.CN(C(=O)OC(C)(C)C)[C@H]1CCN(C(=O)OCc2ccccc2)C[C@H]1F. The fourth-order valence-electron chi connectivity index (χ4n) is 5.55. The molecule has 2 aromatic rings. The van der Waals surface area contributed by atoms with Crippen LogP contribution in [0.2, 0.25) is 0 Å². The molecular weight excluding hydrogens is 678 g/mol. The summed E-state index contributed by atoms with van der Waals surface area (Å²) in [7, 11) is 3.05. The van der Waals surface area contributed by atoms with Gasteiger partial charge in [-0.3, -0.25) is 0 Å². The van der Waals surface area contributed by atoms with E-state index in [1.165, 1.54) is 33.7 Å². The average molecular weight is 733 g/mol. The summed E-state index contributed by atoms with van der Waals surface area (Å²) in [5.41, 5.74) is 0.465. The normalized spacial score (nSPS) is 20.4. The monoisotopic (exact) mass is 732 g/mol. The second-order valence-electron chi connectivity index (χ2n) is 14.9. The smallest absolute Gasteiger partial charge is 0.410 e. The molecule has 4 rings (SSSR count). The Balaban J connectivity index is 0.000000280. The highest BCUT2D eigenvalue weighted by Crippen LogP contribution is 2.23.